The van der Waals surface area contributed by atoms with E-state index in [1.54, 1.807) is 11.8 Å². The normalized spacial score (nSPS) is 18.8. The number of amides is 1. The molecule has 5 nitrogen and oxygen atoms in total. The summed E-state index contributed by atoms with van der Waals surface area (Å²) in [6.07, 6.45) is 3.79. The third-order valence-electron chi connectivity index (χ3n) is 4.21. The number of thioether (sulfide) groups is 1. The molecule has 1 aromatic rings. The molecule has 7 heteroatoms. The molecule has 140 valence electrons. The van der Waals surface area contributed by atoms with Crippen molar-refractivity contribution in [3.05, 3.63) is 30.3 Å². The summed E-state index contributed by atoms with van der Waals surface area (Å²) in [6.45, 7) is 2.89. The minimum atomic E-state index is -3.33. The maximum absolute atomic E-state index is 12.5. The molecular formula is C18H28N2O3S2. The maximum atomic E-state index is 12.5. The van der Waals surface area contributed by atoms with Gasteiger partial charge in [-0.1, -0.05) is 31.5 Å². The van der Waals surface area contributed by atoms with Gasteiger partial charge >= 0.3 is 0 Å². The first-order chi connectivity index (χ1) is 12.0. The summed E-state index contributed by atoms with van der Waals surface area (Å²) in [4.78, 5) is 13.7. The quantitative estimate of drug-likeness (QED) is 0.525. The van der Waals surface area contributed by atoms with Gasteiger partial charge in [0.15, 0.2) is 0 Å². The second-order valence-electron chi connectivity index (χ2n) is 6.24. The van der Waals surface area contributed by atoms with Crippen molar-refractivity contribution in [2.45, 2.75) is 50.0 Å². The standard InChI is InChI=1S/C18H28N2O3S2/c1-2-15-25(22,23)20-13-7-6-11-17(20)18(21)19-12-8-14-24-16-9-4-3-5-10-16/h3-5,9-10,17H,2,6-8,11-15H2,1H3,(H,19,21). The molecule has 1 aromatic carbocycles. The second-order valence-corrected chi connectivity index (χ2v) is 9.45. The average Bonchev–Trinajstić information content (AvgIpc) is 2.62. The zero-order chi connectivity index (χ0) is 18.1. The number of nitrogens with zero attached hydrogens (tertiary/aromatic N) is 1. The molecule has 0 saturated carbocycles. The highest BCUT2D eigenvalue weighted by molar-refractivity contribution is 7.99. The lowest BCUT2D eigenvalue weighted by Gasteiger charge is -2.33. The monoisotopic (exact) mass is 384 g/mol. The summed E-state index contributed by atoms with van der Waals surface area (Å²) < 4.78 is 26.2. The van der Waals surface area contributed by atoms with Gasteiger partial charge in [0.1, 0.15) is 6.04 Å². The second kappa shape index (κ2) is 10.2. The van der Waals surface area contributed by atoms with Gasteiger partial charge in [0.05, 0.1) is 5.75 Å². The van der Waals surface area contributed by atoms with E-state index >= 15 is 0 Å². The van der Waals surface area contributed by atoms with E-state index in [0.717, 1.165) is 25.0 Å². The number of hydrogen-bond donors (Lipinski definition) is 1. The van der Waals surface area contributed by atoms with Gasteiger partial charge in [-0.25, -0.2) is 8.42 Å². The van der Waals surface area contributed by atoms with Gasteiger partial charge in [-0.2, -0.15) is 4.31 Å². The summed E-state index contributed by atoms with van der Waals surface area (Å²) in [5, 5.41) is 2.92. The molecule has 0 aromatic heterocycles. The van der Waals surface area contributed by atoms with E-state index in [2.05, 4.69) is 17.4 Å². The number of rotatable bonds is 9. The summed E-state index contributed by atoms with van der Waals surface area (Å²) in [6, 6.07) is 9.62. The molecule has 1 aliphatic heterocycles. The first-order valence-corrected chi connectivity index (χ1v) is 11.6. The molecule has 1 atom stereocenters. The molecule has 0 aliphatic carbocycles. The van der Waals surface area contributed by atoms with E-state index in [0.29, 0.717) is 25.9 Å². The molecule has 0 radical (unpaired) electrons. The smallest absolute Gasteiger partial charge is 0.238 e. The topological polar surface area (TPSA) is 66.5 Å². The van der Waals surface area contributed by atoms with Gasteiger partial charge in [0.2, 0.25) is 15.9 Å². The molecule has 2 rings (SSSR count). The van der Waals surface area contributed by atoms with E-state index < -0.39 is 16.1 Å². The highest BCUT2D eigenvalue weighted by Gasteiger charge is 2.35. The Bertz CT molecular complexity index is 635. The molecular weight excluding hydrogens is 356 g/mol. The Hall–Kier alpha value is -1.05. The number of carbonyl (C=O) groups excluding carboxylic acids is 1. The van der Waals surface area contributed by atoms with E-state index in [9.17, 15) is 13.2 Å². The van der Waals surface area contributed by atoms with Crippen LogP contribution in [0.4, 0.5) is 0 Å². The molecule has 1 saturated heterocycles. The lowest BCUT2D eigenvalue weighted by Crippen LogP contribution is -2.52. The van der Waals surface area contributed by atoms with Crippen LogP contribution in [0.2, 0.25) is 0 Å². The third kappa shape index (κ3) is 6.31. The van der Waals surface area contributed by atoms with Crippen LogP contribution < -0.4 is 5.32 Å². The van der Waals surface area contributed by atoms with E-state index in [1.165, 1.54) is 9.20 Å². The highest BCUT2D eigenvalue weighted by Crippen LogP contribution is 2.22. The van der Waals surface area contributed by atoms with Crippen LogP contribution in [0.5, 0.6) is 0 Å². The van der Waals surface area contributed by atoms with Gasteiger partial charge in [0, 0.05) is 18.0 Å². The lowest BCUT2D eigenvalue weighted by atomic mass is 10.0. The molecule has 1 unspecified atom stereocenters. The zero-order valence-corrected chi connectivity index (χ0v) is 16.4. The van der Waals surface area contributed by atoms with Crippen molar-refractivity contribution < 1.29 is 13.2 Å². The number of piperidine rings is 1. The predicted molar refractivity (Wildman–Crippen MR) is 103 cm³/mol. The Balaban J connectivity index is 1.78. The van der Waals surface area contributed by atoms with Crippen LogP contribution in [0.1, 0.15) is 39.0 Å². The maximum Gasteiger partial charge on any atom is 0.238 e. The Morgan fingerprint density at radius 3 is 2.76 bits per heavy atom. The van der Waals surface area contributed by atoms with Crippen molar-refractivity contribution in [3.63, 3.8) is 0 Å². The summed E-state index contributed by atoms with van der Waals surface area (Å²) in [7, 11) is -3.33. The SMILES string of the molecule is CCCS(=O)(=O)N1CCCCC1C(=O)NCCCSc1ccccc1. The van der Waals surface area contributed by atoms with Crippen LogP contribution in [-0.4, -0.2) is 49.3 Å². The summed E-state index contributed by atoms with van der Waals surface area (Å²) in [5.41, 5.74) is 0. The summed E-state index contributed by atoms with van der Waals surface area (Å²) in [5.74, 6) is 0.890. The van der Waals surface area contributed by atoms with E-state index in [4.69, 9.17) is 0 Å². The Kier molecular flexibility index (Phi) is 8.26. The van der Waals surface area contributed by atoms with Crippen molar-refractivity contribution in [1.29, 1.82) is 0 Å². The fraction of sp³-hybridized carbons (Fsp3) is 0.611. The van der Waals surface area contributed by atoms with Crippen LogP contribution in [0.25, 0.3) is 0 Å². The average molecular weight is 385 g/mol. The van der Waals surface area contributed by atoms with Crippen LogP contribution in [0.3, 0.4) is 0 Å². The Morgan fingerprint density at radius 2 is 2.04 bits per heavy atom. The molecule has 1 heterocycles. The number of benzene rings is 1. The Labute approximate surface area is 155 Å². The van der Waals surface area contributed by atoms with Crippen LogP contribution in [0, 0.1) is 0 Å². The minimum Gasteiger partial charge on any atom is -0.355 e. The van der Waals surface area contributed by atoms with Crippen molar-refractivity contribution >= 4 is 27.7 Å². The van der Waals surface area contributed by atoms with Crippen LogP contribution in [0.15, 0.2) is 35.2 Å². The van der Waals surface area contributed by atoms with Crippen molar-refractivity contribution in [1.82, 2.24) is 9.62 Å². The van der Waals surface area contributed by atoms with Crippen molar-refractivity contribution in [2.24, 2.45) is 0 Å². The number of nitrogens with one attached hydrogen (secondary N) is 1. The molecule has 25 heavy (non-hydrogen) atoms. The van der Waals surface area contributed by atoms with E-state index in [-0.39, 0.29) is 11.7 Å². The predicted octanol–water partition coefficient (Wildman–Crippen LogP) is 2.88. The van der Waals surface area contributed by atoms with Crippen molar-refractivity contribution in [3.8, 4) is 0 Å². The molecule has 1 N–H and O–H groups in total. The number of sulfonamides is 1. The summed E-state index contributed by atoms with van der Waals surface area (Å²) >= 11 is 1.76. The molecule has 0 spiro atoms. The van der Waals surface area contributed by atoms with Gasteiger partial charge in [-0.3, -0.25) is 4.79 Å². The largest absolute Gasteiger partial charge is 0.355 e. The van der Waals surface area contributed by atoms with Crippen LogP contribution >= 0.6 is 11.8 Å². The molecule has 1 fully saturated rings. The van der Waals surface area contributed by atoms with Gasteiger partial charge in [-0.15, -0.1) is 11.8 Å². The third-order valence-corrected chi connectivity index (χ3v) is 7.38. The minimum absolute atomic E-state index is 0.116. The lowest BCUT2D eigenvalue weighted by molar-refractivity contribution is -0.125. The molecule has 1 amide bonds. The van der Waals surface area contributed by atoms with Gasteiger partial charge in [0.25, 0.3) is 0 Å². The Morgan fingerprint density at radius 1 is 1.28 bits per heavy atom. The number of hydrogen-bond acceptors (Lipinski definition) is 4. The fourth-order valence-corrected chi connectivity index (χ4v) is 5.60. The highest BCUT2D eigenvalue weighted by atomic mass is 32.2. The van der Waals surface area contributed by atoms with E-state index in [1.807, 2.05) is 25.1 Å². The van der Waals surface area contributed by atoms with Gasteiger partial charge < -0.3 is 5.32 Å². The number of carbonyl (C=O) groups is 1. The first-order valence-electron chi connectivity index (χ1n) is 8.99. The fourth-order valence-electron chi connectivity index (χ4n) is 2.98. The zero-order valence-electron chi connectivity index (χ0n) is 14.8. The van der Waals surface area contributed by atoms with Crippen LogP contribution in [-0.2, 0) is 14.8 Å². The van der Waals surface area contributed by atoms with Gasteiger partial charge in [-0.05, 0) is 43.6 Å². The first kappa shape index (κ1) is 20.3. The van der Waals surface area contributed by atoms with Crippen molar-refractivity contribution in [2.75, 3.05) is 24.6 Å². The molecule has 1 aliphatic rings. The molecule has 0 bridgehead atoms.